The van der Waals surface area contributed by atoms with Crippen LogP contribution in [0.1, 0.15) is 33.7 Å². The minimum atomic E-state index is -1.24. The van der Waals surface area contributed by atoms with E-state index in [1.807, 2.05) is 72.8 Å². The first kappa shape index (κ1) is 25.4. The third-order valence-corrected chi connectivity index (χ3v) is 6.32. The van der Waals surface area contributed by atoms with Crippen LogP contribution in [0, 0.1) is 0 Å². The molecule has 4 aromatic rings. The maximum Gasteiger partial charge on any atom is 0.407 e. The summed E-state index contributed by atoms with van der Waals surface area (Å²) in [5.41, 5.74) is 6.97. The van der Waals surface area contributed by atoms with Crippen molar-refractivity contribution in [2.24, 2.45) is 5.73 Å². The van der Waals surface area contributed by atoms with Gasteiger partial charge in [-0.2, -0.15) is 0 Å². The number of benzene rings is 3. The van der Waals surface area contributed by atoms with Gasteiger partial charge in [-0.05, 0) is 21.9 Å². The number of nitrogens with two attached hydrogens (primary N) is 1. The molecule has 0 fully saturated rings. The third kappa shape index (κ3) is 5.75. The Morgan fingerprint density at radius 3 is 2.19 bits per heavy atom. The predicted octanol–water partition coefficient (Wildman–Crippen LogP) is 3.29. The Kier molecular flexibility index (Phi) is 7.47. The minimum absolute atomic E-state index is 0.0240. The van der Waals surface area contributed by atoms with Gasteiger partial charge in [-0.3, -0.25) is 14.5 Å². The molecule has 0 bridgehead atoms. The Morgan fingerprint density at radius 2 is 1.54 bits per heavy atom. The molecule has 190 valence electrons. The van der Waals surface area contributed by atoms with Crippen LogP contribution < -0.4 is 5.73 Å². The van der Waals surface area contributed by atoms with Crippen LogP contribution in [-0.4, -0.2) is 63.1 Å². The molecule has 4 rings (SSSR count). The molecular weight excluding hydrogens is 474 g/mol. The minimum Gasteiger partial charge on any atom is -0.465 e. The molecule has 0 aliphatic rings. The lowest BCUT2D eigenvalue weighted by Crippen LogP contribution is -2.50. The Bertz CT molecular complexity index is 1420. The first-order chi connectivity index (χ1) is 17.7. The molecule has 0 saturated carbocycles. The molecule has 0 unspecified atom stereocenters. The second-order valence-electron chi connectivity index (χ2n) is 8.76. The van der Waals surface area contributed by atoms with Crippen molar-refractivity contribution in [2.45, 2.75) is 24.9 Å². The van der Waals surface area contributed by atoms with E-state index in [0.29, 0.717) is 6.42 Å². The molecule has 3 aromatic carbocycles. The molecule has 1 heterocycles. The first-order valence-corrected chi connectivity index (χ1v) is 11.6. The number of primary amides is 1. The highest BCUT2D eigenvalue weighted by Crippen LogP contribution is 2.26. The number of rotatable bonds is 9. The van der Waals surface area contributed by atoms with E-state index in [4.69, 9.17) is 10.2 Å². The van der Waals surface area contributed by atoms with Crippen LogP contribution in [0.2, 0.25) is 0 Å². The van der Waals surface area contributed by atoms with Crippen LogP contribution in [0.15, 0.2) is 77.2 Å². The third-order valence-electron chi connectivity index (χ3n) is 6.32. The summed E-state index contributed by atoms with van der Waals surface area (Å²) in [6, 6.07) is 21.1. The number of amides is 3. The van der Waals surface area contributed by atoms with E-state index in [1.54, 1.807) is 7.05 Å². The van der Waals surface area contributed by atoms with Crippen molar-refractivity contribution in [1.29, 1.82) is 0 Å². The number of hydrogen-bond acceptors (Lipinski definition) is 6. The highest BCUT2D eigenvalue weighted by atomic mass is 16.4. The number of carboxylic acid groups (broad SMARTS) is 1. The van der Waals surface area contributed by atoms with Gasteiger partial charge in [0.1, 0.15) is 12.1 Å². The van der Waals surface area contributed by atoms with Crippen molar-refractivity contribution in [2.75, 3.05) is 14.1 Å². The summed E-state index contributed by atoms with van der Waals surface area (Å²) in [4.78, 5) is 39.7. The van der Waals surface area contributed by atoms with Crippen LogP contribution in [0.3, 0.4) is 0 Å². The van der Waals surface area contributed by atoms with Crippen molar-refractivity contribution in [3.63, 3.8) is 0 Å². The molecule has 10 heteroatoms. The topological polar surface area (TPSA) is 143 Å². The molecule has 0 radical (unpaired) electrons. The van der Waals surface area contributed by atoms with Crippen LogP contribution in [0.5, 0.6) is 0 Å². The quantitative estimate of drug-likeness (QED) is 0.358. The number of aromatic nitrogens is 2. The zero-order valence-corrected chi connectivity index (χ0v) is 20.4. The number of fused-ring (bicyclic) bond motifs is 1. The first-order valence-electron chi connectivity index (χ1n) is 11.6. The van der Waals surface area contributed by atoms with E-state index in [9.17, 15) is 19.5 Å². The van der Waals surface area contributed by atoms with Crippen molar-refractivity contribution < 1.29 is 23.9 Å². The number of nitrogens with zero attached hydrogens (tertiary/aromatic N) is 4. The number of carbonyl (C=O) groups excluding carboxylic acids is 2. The van der Waals surface area contributed by atoms with Gasteiger partial charge in [0.15, 0.2) is 0 Å². The summed E-state index contributed by atoms with van der Waals surface area (Å²) in [5, 5.41) is 19.4. The van der Waals surface area contributed by atoms with E-state index in [0.717, 1.165) is 26.8 Å². The number of hydrogen-bond donors (Lipinski definition) is 2. The summed E-state index contributed by atoms with van der Waals surface area (Å²) >= 11 is 0. The molecule has 3 amide bonds. The zero-order valence-electron chi connectivity index (χ0n) is 20.4. The summed E-state index contributed by atoms with van der Waals surface area (Å²) in [5.74, 6) is -1.69. The van der Waals surface area contributed by atoms with Gasteiger partial charge in [0.25, 0.3) is 0 Å². The maximum atomic E-state index is 13.8. The highest BCUT2D eigenvalue weighted by molar-refractivity contribution is 5.88. The molecule has 3 N–H and O–H groups in total. The standard InChI is InChI=1S/C27H27N5O5/c1-31(21(15-17-8-4-3-5-9-17)24-29-30-25(37-24)23(28)33)26(34)22(32(2)27(35)36)16-18-12-13-19-10-6-7-11-20(19)14-18/h3-14,21-22H,15-16H2,1-2H3,(H2,28,33)(H,35,36)/t21-,22-/m1/s1. The molecule has 10 nitrogen and oxygen atoms in total. The molecule has 2 atom stereocenters. The smallest absolute Gasteiger partial charge is 0.407 e. The van der Waals surface area contributed by atoms with Crippen LogP contribution in [-0.2, 0) is 17.6 Å². The fourth-order valence-electron chi connectivity index (χ4n) is 4.20. The van der Waals surface area contributed by atoms with Crippen LogP contribution in [0.4, 0.5) is 4.79 Å². The Hall–Kier alpha value is -4.73. The predicted molar refractivity (Wildman–Crippen MR) is 136 cm³/mol. The van der Waals surface area contributed by atoms with Gasteiger partial charge in [-0.1, -0.05) is 72.8 Å². The second kappa shape index (κ2) is 10.9. The van der Waals surface area contributed by atoms with E-state index in [-0.39, 0.29) is 18.2 Å². The van der Waals surface area contributed by atoms with Crippen LogP contribution in [0.25, 0.3) is 10.8 Å². The Morgan fingerprint density at radius 1 is 0.865 bits per heavy atom. The van der Waals surface area contributed by atoms with Gasteiger partial charge in [0.05, 0.1) is 0 Å². The molecule has 0 saturated heterocycles. The van der Waals surface area contributed by atoms with Gasteiger partial charge >= 0.3 is 17.9 Å². The average molecular weight is 502 g/mol. The molecule has 1 aromatic heterocycles. The summed E-state index contributed by atoms with van der Waals surface area (Å²) in [7, 11) is 2.91. The fourth-order valence-corrected chi connectivity index (χ4v) is 4.20. The van der Waals surface area contributed by atoms with E-state index in [2.05, 4.69) is 10.2 Å². The van der Waals surface area contributed by atoms with Gasteiger partial charge in [-0.15, -0.1) is 10.2 Å². The average Bonchev–Trinajstić information content (AvgIpc) is 3.40. The van der Waals surface area contributed by atoms with Crippen molar-refractivity contribution in [3.8, 4) is 0 Å². The highest BCUT2D eigenvalue weighted by Gasteiger charge is 2.35. The summed E-state index contributed by atoms with van der Waals surface area (Å²) in [6.07, 6.45) is -0.783. The summed E-state index contributed by atoms with van der Waals surface area (Å²) in [6.45, 7) is 0. The molecule has 0 aliphatic heterocycles. The van der Waals surface area contributed by atoms with Gasteiger partial charge in [0, 0.05) is 26.9 Å². The maximum absolute atomic E-state index is 13.8. The molecule has 0 aliphatic carbocycles. The van der Waals surface area contributed by atoms with Crippen LogP contribution >= 0.6 is 0 Å². The molecule has 0 spiro atoms. The largest absolute Gasteiger partial charge is 0.465 e. The Balaban J connectivity index is 1.67. The van der Waals surface area contributed by atoms with Gasteiger partial charge in [-0.25, -0.2) is 4.79 Å². The lowest BCUT2D eigenvalue weighted by Gasteiger charge is -2.32. The zero-order chi connectivity index (χ0) is 26.5. The SMILES string of the molecule is CN(C(=O)O)[C@H](Cc1ccc2ccccc2c1)C(=O)N(C)[C@H](Cc1ccccc1)c1nnc(C(N)=O)o1. The Labute approximate surface area is 213 Å². The second-order valence-corrected chi connectivity index (χ2v) is 8.76. The number of likely N-dealkylation sites (N-methyl/N-ethyl adjacent to an activating group) is 2. The van der Waals surface area contributed by atoms with E-state index >= 15 is 0 Å². The lowest BCUT2D eigenvalue weighted by atomic mass is 9.99. The monoisotopic (exact) mass is 501 g/mol. The number of carbonyl (C=O) groups is 3. The molecule has 37 heavy (non-hydrogen) atoms. The van der Waals surface area contributed by atoms with Crippen molar-refractivity contribution >= 4 is 28.7 Å². The van der Waals surface area contributed by atoms with Crippen molar-refractivity contribution in [3.05, 3.63) is 95.7 Å². The van der Waals surface area contributed by atoms with E-state index < -0.39 is 30.0 Å². The summed E-state index contributed by atoms with van der Waals surface area (Å²) < 4.78 is 5.48. The lowest BCUT2D eigenvalue weighted by molar-refractivity contribution is -0.137. The molecular formula is C27H27N5O5. The fraction of sp³-hybridized carbons (Fsp3) is 0.222. The van der Waals surface area contributed by atoms with Gasteiger partial charge < -0.3 is 20.2 Å². The van der Waals surface area contributed by atoms with Gasteiger partial charge in [0.2, 0.25) is 11.8 Å². The van der Waals surface area contributed by atoms with E-state index in [1.165, 1.54) is 11.9 Å². The van der Waals surface area contributed by atoms with Crippen molar-refractivity contribution in [1.82, 2.24) is 20.0 Å². The normalized spacial score (nSPS) is 12.6.